The summed E-state index contributed by atoms with van der Waals surface area (Å²) in [5, 5.41) is 11.6. The van der Waals surface area contributed by atoms with Gasteiger partial charge in [-0.3, -0.25) is 19.5 Å². The number of nitrogens with zero attached hydrogens (tertiary/aromatic N) is 3. The van der Waals surface area contributed by atoms with Crippen LogP contribution in [0.5, 0.6) is 11.5 Å². The maximum atomic E-state index is 14.3. The number of ether oxygens (including phenoxy) is 3. The minimum Gasteiger partial charge on any atom is -0.493 e. The van der Waals surface area contributed by atoms with Crippen molar-refractivity contribution in [3.8, 4) is 22.8 Å². The molecule has 2 aromatic heterocycles. The van der Waals surface area contributed by atoms with Crippen molar-refractivity contribution in [3.05, 3.63) is 136 Å². The molecule has 1 aliphatic heterocycles. The highest BCUT2D eigenvalue weighted by atomic mass is 32.1. The van der Waals surface area contributed by atoms with Crippen LogP contribution in [0.2, 0.25) is 0 Å². The zero-order valence-corrected chi connectivity index (χ0v) is 27.6. The Bertz CT molecular complexity index is 2280. The first-order chi connectivity index (χ1) is 23.1. The largest absolute Gasteiger partial charge is 0.493 e. The van der Waals surface area contributed by atoms with E-state index in [1.165, 1.54) is 24.9 Å². The lowest BCUT2D eigenvalue weighted by molar-refractivity contribution is -0.385. The van der Waals surface area contributed by atoms with Crippen molar-refractivity contribution in [2.45, 2.75) is 26.8 Å². The Morgan fingerprint density at radius 1 is 1.02 bits per heavy atom. The molecule has 0 fully saturated rings. The van der Waals surface area contributed by atoms with E-state index in [2.05, 4.69) is 0 Å². The number of fused-ring (bicyclic) bond motifs is 1. The van der Waals surface area contributed by atoms with E-state index in [4.69, 9.17) is 23.6 Å². The lowest BCUT2D eigenvalue weighted by Crippen LogP contribution is -2.40. The zero-order valence-electron chi connectivity index (χ0n) is 26.8. The molecule has 11 nitrogen and oxygen atoms in total. The van der Waals surface area contributed by atoms with Crippen molar-refractivity contribution in [3.63, 3.8) is 0 Å². The number of carbonyl (C=O) groups excluding carboxylic acids is 1. The van der Waals surface area contributed by atoms with Gasteiger partial charge in [-0.1, -0.05) is 47.7 Å². The van der Waals surface area contributed by atoms with Gasteiger partial charge in [0.2, 0.25) is 0 Å². The lowest BCUT2D eigenvalue weighted by Gasteiger charge is -2.26. The molecule has 0 saturated heterocycles. The summed E-state index contributed by atoms with van der Waals surface area (Å²) >= 11 is 1.15. The SMILES string of the molecule is CCOC(=O)C1=C(c2ccccc2)N=c2s/c(=C\c3ccc(-c4cc(C)c(C)c([N+](=O)[O-])c4)o3)c(=O)n2[C@H]1c1ccc(OC)c(OC)c1. The number of rotatable bonds is 9. The van der Waals surface area contributed by atoms with Gasteiger partial charge in [0, 0.05) is 28.8 Å². The van der Waals surface area contributed by atoms with Gasteiger partial charge in [-0.2, -0.15) is 0 Å². The first kappa shape index (κ1) is 32.2. The molecular formula is C36H31N3O8S. The molecule has 0 radical (unpaired) electrons. The molecule has 0 unspecified atom stereocenters. The predicted molar refractivity (Wildman–Crippen MR) is 181 cm³/mol. The van der Waals surface area contributed by atoms with E-state index in [0.29, 0.717) is 60.3 Å². The average molecular weight is 666 g/mol. The van der Waals surface area contributed by atoms with Gasteiger partial charge in [0.05, 0.1) is 47.6 Å². The molecule has 0 amide bonds. The van der Waals surface area contributed by atoms with Crippen LogP contribution in [0.1, 0.15) is 41.0 Å². The first-order valence-electron chi connectivity index (χ1n) is 15.0. The number of aromatic nitrogens is 1. The van der Waals surface area contributed by atoms with Crippen molar-refractivity contribution >= 4 is 34.8 Å². The highest BCUT2D eigenvalue weighted by Crippen LogP contribution is 2.38. The number of furan rings is 1. The molecule has 12 heteroatoms. The summed E-state index contributed by atoms with van der Waals surface area (Å²) in [5.41, 5.74) is 3.34. The Kier molecular flexibility index (Phi) is 8.83. The van der Waals surface area contributed by atoms with Crippen LogP contribution in [0.3, 0.4) is 0 Å². The van der Waals surface area contributed by atoms with Gasteiger partial charge in [-0.25, -0.2) is 9.79 Å². The third kappa shape index (κ3) is 5.82. The number of esters is 1. The van der Waals surface area contributed by atoms with Crippen LogP contribution in [0, 0.1) is 24.0 Å². The van der Waals surface area contributed by atoms with Crippen LogP contribution in [0.15, 0.2) is 92.6 Å². The molecule has 0 spiro atoms. The summed E-state index contributed by atoms with van der Waals surface area (Å²) in [6.45, 7) is 5.35. The Labute approximate surface area is 278 Å². The van der Waals surface area contributed by atoms with Crippen molar-refractivity contribution in [1.82, 2.24) is 4.57 Å². The van der Waals surface area contributed by atoms with E-state index in [0.717, 1.165) is 16.9 Å². The predicted octanol–water partition coefficient (Wildman–Crippen LogP) is 5.74. The smallest absolute Gasteiger partial charge is 0.338 e. The maximum Gasteiger partial charge on any atom is 0.338 e. The quantitative estimate of drug-likeness (QED) is 0.111. The molecule has 48 heavy (non-hydrogen) atoms. The van der Waals surface area contributed by atoms with Gasteiger partial charge in [-0.05, 0) is 62.2 Å². The molecule has 0 saturated carbocycles. The summed E-state index contributed by atoms with van der Waals surface area (Å²) in [4.78, 5) is 44.4. The third-order valence-electron chi connectivity index (χ3n) is 8.12. The molecule has 244 valence electrons. The number of benzene rings is 3. The van der Waals surface area contributed by atoms with Crippen molar-refractivity contribution < 1.29 is 28.3 Å². The van der Waals surface area contributed by atoms with E-state index in [1.807, 2.05) is 36.4 Å². The monoisotopic (exact) mass is 665 g/mol. The molecule has 0 bridgehead atoms. The van der Waals surface area contributed by atoms with Gasteiger partial charge < -0.3 is 18.6 Å². The van der Waals surface area contributed by atoms with E-state index < -0.39 is 22.5 Å². The minimum atomic E-state index is -0.916. The Hall–Kier alpha value is -5.75. The molecule has 6 rings (SSSR count). The van der Waals surface area contributed by atoms with Crippen LogP contribution in [0.4, 0.5) is 5.69 Å². The van der Waals surface area contributed by atoms with Gasteiger partial charge in [0.15, 0.2) is 16.3 Å². The summed E-state index contributed by atoms with van der Waals surface area (Å²) in [7, 11) is 3.04. The summed E-state index contributed by atoms with van der Waals surface area (Å²) in [5.74, 6) is 1.09. The Morgan fingerprint density at radius 2 is 1.77 bits per heavy atom. The standard InChI is InChI=1S/C36H31N3O8S/c1-6-46-35(41)31-32(22-10-8-7-9-11-22)37-36-38(33(31)23-12-14-28(44-4)29(18-23)45-5)34(40)30(48-36)19-25-13-15-27(47-25)24-16-20(2)21(3)26(17-24)39(42)43/h7-19,33H,6H2,1-5H3/b30-19-/t33-/m0/s1. The number of thiazole rings is 1. The molecule has 0 N–H and O–H groups in total. The Balaban J connectivity index is 1.56. The van der Waals surface area contributed by atoms with Crippen LogP contribution >= 0.6 is 11.3 Å². The molecule has 1 atom stereocenters. The highest BCUT2D eigenvalue weighted by Gasteiger charge is 2.35. The van der Waals surface area contributed by atoms with E-state index in [9.17, 15) is 19.7 Å². The van der Waals surface area contributed by atoms with Crippen molar-refractivity contribution in [2.75, 3.05) is 20.8 Å². The van der Waals surface area contributed by atoms with E-state index >= 15 is 0 Å². The van der Waals surface area contributed by atoms with Crippen LogP contribution < -0.4 is 24.4 Å². The lowest BCUT2D eigenvalue weighted by atomic mass is 9.93. The van der Waals surface area contributed by atoms with Crippen molar-refractivity contribution in [2.24, 2.45) is 4.99 Å². The van der Waals surface area contributed by atoms with Gasteiger partial charge >= 0.3 is 5.97 Å². The van der Waals surface area contributed by atoms with Crippen LogP contribution in [0.25, 0.3) is 23.1 Å². The van der Waals surface area contributed by atoms with Gasteiger partial charge in [-0.15, -0.1) is 0 Å². The summed E-state index contributed by atoms with van der Waals surface area (Å²) in [6, 6.07) is 20.3. The number of carbonyl (C=O) groups is 1. The highest BCUT2D eigenvalue weighted by molar-refractivity contribution is 7.07. The molecule has 1 aliphatic rings. The second-order valence-electron chi connectivity index (χ2n) is 10.9. The second-order valence-corrected chi connectivity index (χ2v) is 12.0. The zero-order chi connectivity index (χ0) is 34.1. The van der Waals surface area contributed by atoms with E-state index in [1.54, 1.807) is 57.2 Å². The maximum absolute atomic E-state index is 14.3. The Morgan fingerprint density at radius 3 is 2.46 bits per heavy atom. The number of aryl methyl sites for hydroxylation is 1. The fraction of sp³-hybridized carbons (Fsp3) is 0.194. The second kappa shape index (κ2) is 13.2. The topological polar surface area (TPSA) is 135 Å². The fourth-order valence-corrected chi connectivity index (χ4v) is 6.65. The molecule has 5 aromatic rings. The average Bonchev–Trinajstić information content (AvgIpc) is 3.69. The number of methoxy groups -OCH3 is 2. The normalized spacial score (nSPS) is 14.4. The van der Waals surface area contributed by atoms with Gasteiger partial charge in [0.25, 0.3) is 11.2 Å². The minimum absolute atomic E-state index is 0.00181. The van der Waals surface area contributed by atoms with E-state index in [-0.39, 0.29) is 17.9 Å². The first-order valence-corrected chi connectivity index (χ1v) is 15.8. The number of nitro groups is 1. The number of nitro benzene ring substituents is 1. The number of hydrogen-bond donors (Lipinski definition) is 0. The molecule has 0 aliphatic carbocycles. The van der Waals surface area contributed by atoms with Crippen LogP contribution in [-0.4, -0.2) is 36.3 Å². The van der Waals surface area contributed by atoms with Crippen molar-refractivity contribution in [1.29, 1.82) is 0 Å². The summed E-state index contributed by atoms with van der Waals surface area (Å²) < 4.78 is 24.4. The molecule has 3 heterocycles. The number of hydrogen-bond acceptors (Lipinski definition) is 10. The molecular weight excluding hydrogens is 634 g/mol. The van der Waals surface area contributed by atoms with Gasteiger partial charge in [0.1, 0.15) is 11.5 Å². The molecule has 3 aromatic carbocycles. The summed E-state index contributed by atoms with van der Waals surface area (Å²) in [6.07, 6.45) is 1.60. The third-order valence-corrected chi connectivity index (χ3v) is 9.10. The van der Waals surface area contributed by atoms with Crippen LogP contribution in [-0.2, 0) is 9.53 Å². The fourth-order valence-electron chi connectivity index (χ4n) is 5.67.